The third-order valence-corrected chi connectivity index (χ3v) is 1.30. The SMILES string of the molecule is Oc1cc2c[nH]nc2cn1. The van der Waals surface area contributed by atoms with Crippen LogP contribution in [0.3, 0.4) is 0 Å². The molecule has 0 amide bonds. The van der Waals surface area contributed by atoms with E-state index in [0.29, 0.717) is 0 Å². The van der Waals surface area contributed by atoms with Gasteiger partial charge in [-0.1, -0.05) is 0 Å². The van der Waals surface area contributed by atoms with Gasteiger partial charge in [-0.25, -0.2) is 4.98 Å². The van der Waals surface area contributed by atoms with Crippen molar-refractivity contribution in [2.75, 3.05) is 0 Å². The lowest BCUT2D eigenvalue weighted by atomic mass is 10.3. The van der Waals surface area contributed by atoms with E-state index in [2.05, 4.69) is 15.2 Å². The quantitative estimate of drug-likeness (QED) is 0.557. The van der Waals surface area contributed by atoms with Gasteiger partial charge in [0.05, 0.1) is 6.20 Å². The van der Waals surface area contributed by atoms with Crippen molar-refractivity contribution in [1.29, 1.82) is 0 Å². The second-order valence-electron chi connectivity index (χ2n) is 1.99. The fourth-order valence-corrected chi connectivity index (χ4v) is 0.832. The normalized spacial score (nSPS) is 10.4. The first-order valence-electron chi connectivity index (χ1n) is 2.85. The van der Waals surface area contributed by atoms with E-state index in [4.69, 9.17) is 5.11 Å². The Labute approximate surface area is 56.5 Å². The van der Waals surface area contributed by atoms with Gasteiger partial charge < -0.3 is 5.11 Å². The number of fused-ring (bicyclic) bond motifs is 1. The van der Waals surface area contributed by atoms with Crippen LogP contribution >= 0.6 is 0 Å². The fourth-order valence-electron chi connectivity index (χ4n) is 0.832. The molecule has 4 nitrogen and oxygen atoms in total. The van der Waals surface area contributed by atoms with E-state index in [1.54, 1.807) is 12.3 Å². The number of H-pyrrole nitrogens is 1. The Kier molecular flexibility index (Phi) is 0.887. The van der Waals surface area contributed by atoms with Gasteiger partial charge in [-0.05, 0) is 0 Å². The summed E-state index contributed by atoms with van der Waals surface area (Å²) in [6.07, 6.45) is 3.22. The summed E-state index contributed by atoms with van der Waals surface area (Å²) in [6.45, 7) is 0. The Balaban J connectivity index is 2.86. The van der Waals surface area contributed by atoms with Crippen molar-refractivity contribution in [3.63, 3.8) is 0 Å². The van der Waals surface area contributed by atoms with E-state index < -0.39 is 0 Å². The molecule has 0 saturated carbocycles. The molecule has 0 aliphatic heterocycles. The molecule has 0 atom stereocenters. The monoisotopic (exact) mass is 135 g/mol. The largest absolute Gasteiger partial charge is 0.493 e. The molecule has 2 rings (SSSR count). The molecule has 2 N–H and O–H groups in total. The Hall–Kier alpha value is -1.58. The minimum atomic E-state index is 0.0221. The van der Waals surface area contributed by atoms with Gasteiger partial charge in [-0.3, -0.25) is 5.10 Å². The van der Waals surface area contributed by atoms with Crippen molar-refractivity contribution in [1.82, 2.24) is 15.2 Å². The number of hydrogen-bond donors (Lipinski definition) is 2. The minimum absolute atomic E-state index is 0.0221. The lowest BCUT2D eigenvalue weighted by Crippen LogP contribution is -1.72. The summed E-state index contributed by atoms with van der Waals surface area (Å²) in [4.78, 5) is 3.65. The molecule has 2 aromatic heterocycles. The van der Waals surface area contributed by atoms with Crippen LogP contribution in [0.1, 0.15) is 0 Å². The molecule has 0 aliphatic rings. The summed E-state index contributed by atoms with van der Waals surface area (Å²) in [5.41, 5.74) is 0.762. The van der Waals surface area contributed by atoms with Crippen LogP contribution in [0.25, 0.3) is 10.9 Å². The average Bonchev–Trinajstić information content (AvgIpc) is 2.33. The number of hydrogen-bond acceptors (Lipinski definition) is 3. The van der Waals surface area contributed by atoms with Gasteiger partial charge in [0, 0.05) is 17.6 Å². The lowest BCUT2D eigenvalue weighted by Gasteiger charge is -1.86. The molecular formula is C6H5N3O. The van der Waals surface area contributed by atoms with Gasteiger partial charge in [0.1, 0.15) is 5.52 Å². The number of nitrogens with zero attached hydrogens (tertiary/aromatic N) is 2. The number of nitrogens with one attached hydrogen (secondary N) is 1. The third kappa shape index (κ3) is 0.621. The number of rotatable bonds is 0. The van der Waals surface area contributed by atoms with Crippen molar-refractivity contribution < 1.29 is 5.11 Å². The molecule has 0 unspecified atom stereocenters. The van der Waals surface area contributed by atoms with Crippen molar-refractivity contribution in [3.05, 3.63) is 18.5 Å². The molecule has 0 bridgehead atoms. The zero-order chi connectivity index (χ0) is 6.97. The predicted octanol–water partition coefficient (Wildman–Crippen LogP) is 0.663. The van der Waals surface area contributed by atoms with E-state index in [9.17, 15) is 0 Å². The maximum atomic E-state index is 8.90. The summed E-state index contributed by atoms with van der Waals surface area (Å²) in [7, 11) is 0. The Morgan fingerprint density at radius 2 is 2.40 bits per heavy atom. The Morgan fingerprint density at radius 3 is 3.30 bits per heavy atom. The first-order chi connectivity index (χ1) is 4.86. The highest BCUT2D eigenvalue weighted by atomic mass is 16.3. The summed E-state index contributed by atoms with van der Waals surface area (Å²) < 4.78 is 0. The maximum Gasteiger partial charge on any atom is 0.211 e. The maximum absolute atomic E-state index is 8.90. The standard InChI is InChI=1S/C6H5N3O/c10-6-1-4-2-8-9-5(4)3-7-6/h1-3H,(H,7,10)(H,8,9). The zero-order valence-electron chi connectivity index (χ0n) is 5.07. The van der Waals surface area contributed by atoms with Crippen molar-refractivity contribution in [2.45, 2.75) is 0 Å². The number of pyridine rings is 1. The highest BCUT2D eigenvalue weighted by molar-refractivity contribution is 5.77. The smallest absolute Gasteiger partial charge is 0.211 e. The van der Waals surface area contributed by atoms with E-state index in [1.165, 1.54) is 6.20 Å². The van der Waals surface area contributed by atoms with Gasteiger partial charge >= 0.3 is 0 Å². The first-order valence-corrected chi connectivity index (χ1v) is 2.85. The molecule has 0 aromatic carbocycles. The average molecular weight is 135 g/mol. The summed E-state index contributed by atoms with van der Waals surface area (Å²) in [5, 5.41) is 16.3. The number of aromatic nitrogens is 3. The molecule has 0 aliphatic carbocycles. The highest BCUT2D eigenvalue weighted by Gasteiger charge is 1.95. The molecule has 0 radical (unpaired) electrons. The summed E-state index contributed by atoms with van der Waals surface area (Å²) in [6, 6.07) is 1.55. The van der Waals surface area contributed by atoms with Crippen LogP contribution in [0.4, 0.5) is 0 Å². The second-order valence-corrected chi connectivity index (χ2v) is 1.99. The van der Waals surface area contributed by atoms with E-state index in [1.807, 2.05) is 0 Å². The van der Waals surface area contributed by atoms with Crippen LogP contribution in [0.15, 0.2) is 18.5 Å². The van der Waals surface area contributed by atoms with E-state index in [-0.39, 0.29) is 5.88 Å². The molecule has 50 valence electrons. The molecule has 10 heavy (non-hydrogen) atoms. The van der Waals surface area contributed by atoms with Gasteiger partial charge in [-0.2, -0.15) is 5.10 Å². The Morgan fingerprint density at radius 1 is 1.50 bits per heavy atom. The summed E-state index contributed by atoms with van der Waals surface area (Å²) in [5.74, 6) is 0.0221. The highest BCUT2D eigenvalue weighted by Crippen LogP contribution is 2.12. The molecule has 0 saturated heterocycles. The summed E-state index contributed by atoms with van der Waals surface area (Å²) >= 11 is 0. The van der Waals surface area contributed by atoms with Gasteiger partial charge in [0.2, 0.25) is 5.88 Å². The van der Waals surface area contributed by atoms with Crippen LogP contribution in [-0.2, 0) is 0 Å². The van der Waals surface area contributed by atoms with Gasteiger partial charge in [0.15, 0.2) is 0 Å². The van der Waals surface area contributed by atoms with E-state index in [0.717, 1.165) is 10.9 Å². The topological polar surface area (TPSA) is 61.8 Å². The van der Waals surface area contributed by atoms with Crippen molar-refractivity contribution in [2.24, 2.45) is 0 Å². The van der Waals surface area contributed by atoms with E-state index >= 15 is 0 Å². The zero-order valence-corrected chi connectivity index (χ0v) is 5.07. The number of aromatic hydroxyl groups is 1. The first kappa shape index (κ1) is 5.22. The van der Waals surface area contributed by atoms with Crippen molar-refractivity contribution >= 4 is 10.9 Å². The predicted molar refractivity (Wildman–Crippen MR) is 35.6 cm³/mol. The molecule has 0 fully saturated rings. The van der Waals surface area contributed by atoms with Crippen LogP contribution in [0.2, 0.25) is 0 Å². The molecule has 2 heterocycles. The van der Waals surface area contributed by atoms with Crippen LogP contribution in [-0.4, -0.2) is 20.3 Å². The third-order valence-electron chi connectivity index (χ3n) is 1.30. The second kappa shape index (κ2) is 1.70. The molecular weight excluding hydrogens is 130 g/mol. The van der Waals surface area contributed by atoms with Crippen molar-refractivity contribution in [3.8, 4) is 5.88 Å². The van der Waals surface area contributed by atoms with Crippen LogP contribution in [0.5, 0.6) is 5.88 Å². The molecule has 2 aromatic rings. The fraction of sp³-hybridized carbons (Fsp3) is 0. The van der Waals surface area contributed by atoms with Crippen LogP contribution < -0.4 is 0 Å². The number of aromatic amines is 1. The van der Waals surface area contributed by atoms with Gasteiger partial charge in [0.25, 0.3) is 0 Å². The minimum Gasteiger partial charge on any atom is -0.493 e. The van der Waals surface area contributed by atoms with Crippen LogP contribution in [0, 0.1) is 0 Å². The lowest BCUT2D eigenvalue weighted by molar-refractivity contribution is 0.454. The molecule has 0 spiro atoms. The molecule has 4 heteroatoms. The van der Waals surface area contributed by atoms with Gasteiger partial charge in [-0.15, -0.1) is 0 Å². The Bertz CT molecular complexity index is 355.